The van der Waals surface area contributed by atoms with E-state index in [0.29, 0.717) is 11.4 Å². The Labute approximate surface area is 159 Å². The lowest BCUT2D eigenvalue weighted by Crippen LogP contribution is -2.38. The van der Waals surface area contributed by atoms with Crippen LogP contribution in [0, 0.1) is 0 Å². The van der Waals surface area contributed by atoms with E-state index in [9.17, 15) is 9.59 Å². The lowest BCUT2D eigenvalue weighted by atomic mass is 10.1. The van der Waals surface area contributed by atoms with Crippen LogP contribution in [0.15, 0.2) is 40.2 Å². The van der Waals surface area contributed by atoms with Crippen molar-refractivity contribution in [2.75, 3.05) is 25.9 Å². The predicted octanol–water partition coefficient (Wildman–Crippen LogP) is 2.95. The zero-order valence-corrected chi connectivity index (χ0v) is 16.3. The summed E-state index contributed by atoms with van der Waals surface area (Å²) in [5, 5.41) is 2.82. The van der Waals surface area contributed by atoms with Gasteiger partial charge in [0.25, 0.3) is 5.91 Å². The molecule has 0 aliphatic heterocycles. The molecule has 1 aromatic carbocycles. The van der Waals surface area contributed by atoms with Gasteiger partial charge in [-0.2, -0.15) is 0 Å². The van der Waals surface area contributed by atoms with Gasteiger partial charge < -0.3 is 16.0 Å². The van der Waals surface area contributed by atoms with Gasteiger partial charge in [0.05, 0.1) is 15.2 Å². The van der Waals surface area contributed by atoms with Crippen molar-refractivity contribution < 1.29 is 9.59 Å². The number of nitrogens with two attached hydrogens (primary N) is 1. The fourth-order valence-corrected chi connectivity index (χ4v) is 3.37. The first-order valence-electron chi connectivity index (χ1n) is 7.07. The Morgan fingerprint density at radius 2 is 1.88 bits per heavy atom. The van der Waals surface area contributed by atoms with Gasteiger partial charge in [-0.05, 0) is 52.2 Å². The standard InChI is InChI=1S/C16H18BrN3O2S.ClH/c1-20(16(22)13-6-7-14(17)23-13)10-15(21)19-9-8-11-2-4-12(18)5-3-11;/h2-7H,8-10,18H2,1H3,(H,19,21);1H. The van der Waals surface area contributed by atoms with Crippen LogP contribution < -0.4 is 11.1 Å². The van der Waals surface area contributed by atoms with Crippen LogP contribution in [0.3, 0.4) is 0 Å². The quantitative estimate of drug-likeness (QED) is 0.689. The number of halogens is 2. The summed E-state index contributed by atoms with van der Waals surface area (Å²) in [7, 11) is 1.62. The summed E-state index contributed by atoms with van der Waals surface area (Å²) in [6.07, 6.45) is 0.724. The lowest BCUT2D eigenvalue weighted by Gasteiger charge is -2.15. The molecule has 0 aliphatic rings. The minimum atomic E-state index is -0.174. The van der Waals surface area contributed by atoms with E-state index in [1.807, 2.05) is 30.3 Å². The maximum atomic E-state index is 12.1. The number of benzene rings is 1. The summed E-state index contributed by atoms with van der Waals surface area (Å²) in [5.41, 5.74) is 7.45. The normalized spacial score (nSPS) is 9.92. The largest absolute Gasteiger partial charge is 0.399 e. The molecule has 0 bridgehead atoms. The average molecular weight is 433 g/mol. The maximum Gasteiger partial charge on any atom is 0.264 e. The van der Waals surface area contributed by atoms with E-state index in [1.165, 1.54) is 16.2 Å². The Bertz CT molecular complexity index is 691. The summed E-state index contributed by atoms with van der Waals surface area (Å²) in [6.45, 7) is 0.561. The van der Waals surface area contributed by atoms with Gasteiger partial charge >= 0.3 is 0 Å². The van der Waals surface area contributed by atoms with Gasteiger partial charge in [-0.25, -0.2) is 0 Å². The second-order valence-corrected chi connectivity index (χ2v) is 7.57. The molecule has 130 valence electrons. The van der Waals surface area contributed by atoms with Crippen molar-refractivity contribution in [3.63, 3.8) is 0 Å². The number of hydrogen-bond donors (Lipinski definition) is 2. The number of anilines is 1. The van der Waals surface area contributed by atoms with Crippen LogP contribution in [-0.2, 0) is 11.2 Å². The Balaban J connectivity index is 0.00000288. The number of likely N-dealkylation sites (N-methyl/N-ethyl adjacent to an activating group) is 1. The molecule has 0 aliphatic carbocycles. The Kier molecular flexibility index (Phi) is 8.24. The summed E-state index contributed by atoms with van der Waals surface area (Å²) >= 11 is 4.67. The number of amides is 2. The number of nitrogens with zero attached hydrogens (tertiary/aromatic N) is 1. The van der Waals surface area contributed by atoms with Crippen molar-refractivity contribution in [2.24, 2.45) is 0 Å². The maximum absolute atomic E-state index is 12.1. The summed E-state index contributed by atoms with van der Waals surface area (Å²) in [6, 6.07) is 11.1. The van der Waals surface area contributed by atoms with E-state index in [-0.39, 0.29) is 30.8 Å². The number of hydrogen-bond acceptors (Lipinski definition) is 4. The Morgan fingerprint density at radius 1 is 1.21 bits per heavy atom. The van der Waals surface area contributed by atoms with Gasteiger partial charge in [0, 0.05) is 19.3 Å². The molecule has 0 atom stereocenters. The van der Waals surface area contributed by atoms with Gasteiger partial charge in [-0.15, -0.1) is 23.7 Å². The second-order valence-electron chi connectivity index (χ2n) is 5.11. The molecule has 2 amide bonds. The van der Waals surface area contributed by atoms with Crippen molar-refractivity contribution in [3.05, 3.63) is 50.6 Å². The molecule has 1 aromatic heterocycles. The molecular weight excluding hydrogens is 414 g/mol. The lowest BCUT2D eigenvalue weighted by molar-refractivity contribution is -0.121. The number of carbonyl (C=O) groups excluding carboxylic acids is 2. The fourth-order valence-electron chi connectivity index (χ4n) is 1.99. The molecule has 8 heteroatoms. The van der Waals surface area contributed by atoms with Crippen LogP contribution in [-0.4, -0.2) is 36.9 Å². The topological polar surface area (TPSA) is 75.4 Å². The van der Waals surface area contributed by atoms with Crippen molar-refractivity contribution in [2.45, 2.75) is 6.42 Å². The zero-order chi connectivity index (χ0) is 16.8. The van der Waals surface area contributed by atoms with E-state index in [2.05, 4.69) is 21.2 Å². The van der Waals surface area contributed by atoms with Gasteiger partial charge in [-0.1, -0.05) is 12.1 Å². The van der Waals surface area contributed by atoms with Gasteiger partial charge in [0.15, 0.2) is 0 Å². The highest BCUT2D eigenvalue weighted by atomic mass is 79.9. The van der Waals surface area contributed by atoms with Crippen molar-refractivity contribution >= 4 is 57.2 Å². The molecule has 0 saturated heterocycles. The highest BCUT2D eigenvalue weighted by molar-refractivity contribution is 9.11. The highest BCUT2D eigenvalue weighted by Crippen LogP contribution is 2.22. The van der Waals surface area contributed by atoms with E-state index in [4.69, 9.17) is 5.73 Å². The van der Waals surface area contributed by atoms with Crippen LogP contribution in [0.5, 0.6) is 0 Å². The fraction of sp³-hybridized carbons (Fsp3) is 0.250. The molecule has 0 fully saturated rings. The molecule has 5 nitrogen and oxygen atoms in total. The molecule has 0 radical (unpaired) electrons. The minimum absolute atomic E-state index is 0. The van der Waals surface area contributed by atoms with Gasteiger partial charge in [0.2, 0.25) is 5.91 Å². The number of rotatable bonds is 6. The van der Waals surface area contributed by atoms with Gasteiger partial charge in [-0.3, -0.25) is 9.59 Å². The van der Waals surface area contributed by atoms with Gasteiger partial charge in [0.1, 0.15) is 0 Å². The molecule has 0 saturated carbocycles. The van der Waals surface area contributed by atoms with E-state index < -0.39 is 0 Å². The third-order valence-electron chi connectivity index (χ3n) is 3.23. The monoisotopic (exact) mass is 431 g/mol. The molecular formula is C16H19BrClN3O2S. The van der Waals surface area contributed by atoms with Crippen LogP contribution >= 0.6 is 39.7 Å². The zero-order valence-electron chi connectivity index (χ0n) is 13.1. The average Bonchev–Trinajstić information content (AvgIpc) is 2.95. The third-order valence-corrected chi connectivity index (χ3v) is 4.84. The summed E-state index contributed by atoms with van der Waals surface area (Å²) in [4.78, 5) is 26.1. The number of nitrogen functional groups attached to an aromatic ring is 1. The van der Waals surface area contributed by atoms with Crippen LogP contribution in [0.4, 0.5) is 5.69 Å². The summed E-state index contributed by atoms with van der Waals surface area (Å²) < 4.78 is 0.891. The first kappa shape index (κ1) is 20.5. The first-order chi connectivity index (χ1) is 11.0. The van der Waals surface area contributed by atoms with Crippen molar-refractivity contribution in [1.29, 1.82) is 0 Å². The molecule has 24 heavy (non-hydrogen) atoms. The predicted molar refractivity (Wildman–Crippen MR) is 104 cm³/mol. The first-order valence-corrected chi connectivity index (χ1v) is 8.68. The van der Waals surface area contributed by atoms with Crippen LogP contribution in [0.1, 0.15) is 15.2 Å². The molecule has 3 N–H and O–H groups in total. The Morgan fingerprint density at radius 3 is 2.46 bits per heavy atom. The van der Waals surface area contributed by atoms with Crippen LogP contribution in [0.25, 0.3) is 0 Å². The van der Waals surface area contributed by atoms with E-state index in [1.54, 1.807) is 13.1 Å². The van der Waals surface area contributed by atoms with Crippen molar-refractivity contribution in [1.82, 2.24) is 10.2 Å². The van der Waals surface area contributed by atoms with E-state index in [0.717, 1.165) is 21.5 Å². The SMILES string of the molecule is CN(CC(=O)NCCc1ccc(N)cc1)C(=O)c1ccc(Br)s1.Cl. The highest BCUT2D eigenvalue weighted by Gasteiger charge is 2.16. The number of thiophene rings is 1. The van der Waals surface area contributed by atoms with E-state index >= 15 is 0 Å². The molecule has 0 spiro atoms. The minimum Gasteiger partial charge on any atom is -0.399 e. The molecule has 0 unspecified atom stereocenters. The molecule has 2 rings (SSSR count). The molecule has 2 aromatic rings. The Hall–Kier alpha value is -1.57. The summed E-state index contributed by atoms with van der Waals surface area (Å²) in [5.74, 6) is -0.332. The second kappa shape index (κ2) is 9.66. The smallest absolute Gasteiger partial charge is 0.264 e. The number of carbonyl (C=O) groups is 2. The molecule has 1 heterocycles. The number of nitrogens with one attached hydrogen (secondary N) is 1. The third kappa shape index (κ3) is 6.14. The van der Waals surface area contributed by atoms with Crippen LogP contribution in [0.2, 0.25) is 0 Å². The van der Waals surface area contributed by atoms with Crippen molar-refractivity contribution in [3.8, 4) is 0 Å².